The van der Waals surface area contributed by atoms with Crippen molar-refractivity contribution in [3.63, 3.8) is 0 Å². The van der Waals surface area contributed by atoms with E-state index in [-0.39, 0.29) is 11.8 Å². The molecule has 0 aromatic carbocycles. The largest absolute Gasteiger partial charge is 0.394 e. The first-order valence-corrected chi connectivity index (χ1v) is 4.43. The predicted octanol–water partition coefficient (Wildman–Crippen LogP) is -1.43. The minimum atomic E-state index is -4.67. The van der Waals surface area contributed by atoms with Crippen LogP contribution in [-0.2, 0) is 10.4 Å². The zero-order valence-corrected chi connectivity index (χ0v) is 7.64. The third kappa shape index (κ3) is 7.02. The van der Waals surface area contributed by atoms with Gasteiger partial charge in [0, 0.05) is 0 Å². The lowest BCUT2D eigenvalue weighted by Crippen LogP contribution is -2.02. The van der Waals surface area contributed by atoms with Gasteiger partial charge in [0.15, 0.2) is 5.82 Å². The molecule has 0 unspecified atom stereocenters. The molecule has 9 nitrogen and oxygen atoms in total. The van der Waals surface area contributed by atoms with Crippen molar-refractivity contribution in [1.29, 1.82) is 0 Å². The smallest absolute Gasteiger partial charge is 0.394 e. The van der Waals surface area contributed by atoms with Gasteiger partial charge in [-0.15, -0.1) is 0 Å². The van der Waals surface area contributed by atoms with Crippen molar-refractivity contribution in [1.82, 2.24) is 9.97 Å². The Labute approximate surface area is 79.5 Å². The summed E-state index contributed by atoms with van der Waals surface area (Å²) in [7, 11) is -4.67. The lowest BCUT2D eigenvalue weighted by atomic mass is 10.5. The van der Waals surface area contributed by atoms with Gasteiger partial charge >= 0.3 is 10.4 Å². The Morgan fingerprint density at radius 2 is 1.64 bits per heavy atom. The van der Waals surface area contributed by atoms with Gasteiger partial charge in [0.1, 0.15) is 0 Å². The predicted molar refractivity (Wildman–Crippen MR) is 49.4 cm³/mol. The van der Waals surface area contributed by atoms with Gasteiger partial charge in [-0.25, -0.2) is 4.98 Å². The monoisotopic (exact) mass is 223 g/mol. The van der Waals surface area contributed by atoms with Crippen LogP contribution in [0.15, 0.2) is 6.20 Å². The molecule has 0 bridgehead atoms. The summed E-state index contributed by atoms with van der Waals surface area (Å²) in [6, 6.07) is 0. The lowest BCUT2D eigenvalue weighted by Gasteiger charge is -1.96. The molecule has 80 valence electrons. The quantitative estimate of drug-likeness (QED) is 0.329. The summed E-state index contributed by atoms with van der Waals surface area (Å²) in [6.07, 6.45) is 1.37. The van der Waals surface area contributed by atoms with E-state index in [4.69, 9.17) is 34.7 Å². The van der Waals surface area contributed by atoms with Crippen LogP contribution in [0, 0.1) is 0 Å². The first-order valence-electron chi connectivity index (χ1n) is 3.03. The molecule has 10 heteroatoms. The Hall–Kier alpha value is -1.65. The molecule has 8 N–H and O–H groups in total. The number of rotatable bonds is 0. The van der Waals surface area contributed by atoms with E-state index in [0.29, 0.717) is 5.69 Å². The number of nitrogens with two attached hydrogens (primary N) is 3. The third-order valence-electron chi connectivity index (χ3n) is 0.867. The van der Waals surface area contributed by atoms with Crippen LogP contribution in [0.5, 0.6) is 0 Å². The maximum atomic E-state index is 8.74. The van der Waals surface area contributed by atoms with Gasteiger partial charge in [0.25, 0.3) is 0 Å². The summed E-state index contributed by atoms with van der Waals surface area (Å²) >= 11 is 0. The van der Waals surface area contributed by atoms with Crippen LogP contribution in [0.1, 0.15) is 0 Å². The SMILES string of the molecule is Nc1ncc(N)c(N)n1.O=S(=O)(O)O. The number of hydrogen-bond acceptors (Lipinski definition) is 7. The molecule has 0 spiro atoms. The second-order valence-corrected chi connectivity index (χ2v) is 2.91. The maximum absolute atomic E-state index is 8.74. The van der Waals surface area contributed by atoms with Gasteiger partial charge in [0.2, 0.25) is 5.95 Å². The van der Waals surface area contributed by atoms with Crippen molar-refractivity contribution in [3.8, 4) is 0 Å². The Balaban J connectivity index is 0.000000292. The van der Waals surface area contributed by atoms with E-state index < -0.39 is 10.4 Å². The van der Waals surface area contributed by atoms with Crippen LogP contribution in [0.4, 0.5) is 17.5 Å². The molecule has 1 aromatic rings. The molecule has 1 aromatic heterocycles. The van der Waals surface area contributed by atoms with Crippen LogP contribution in [0.3, 0.4) is 0 Å². The zero-order chi connectivity index (χ0) is 11.4. The highest BCUT2D eigenvalue weighted by molar-refractivity contribution is 7.79. The van der Waals surface area contributed by atoms with E-state index in [1.807, 2.05) is 0 Å². The minimum Gasteiger partial charge on any atom is -0.394 e. The number of anilines is 3. The van der Waals surface area contributed by atoms with E-state index in [9.17, 15) is 0 Å². The van der Waals surface area contributed by atoms with Gasteiger partial charge in [-0.2, -0.15) is 13.4 Å². The fourth-order valence-electron chi connectivity index (χ4n) is 0.419. The van der Waals surface area contributed by atoms with Crippen LogP contribution in [0.25, 0.3) is 0 Å². The van der Waals surface area contributed by atoms with E-state index in [1.165, 1.54) is 6.20 Å². The highest BCUT2D eigenvalue weighted by Crippen LogP contribution is 2.08. The van der Waals surface area contributed by atoms with Crippen LogP contribution >= 0.6 is 0 Å². The second kappa shape index (κ2) is 4.55. The number of nitrogen functional groups attached to an aromatic ring is 3. The lowest BCUT2D eigenvalue weighted by molar-refractivity contribution is 0.381. The summed E-state index contributed by atoms with van der Waals surface area (Å²) in [5, 5.41) is 0. The van der Waals surface area contributed by atoms with Crippen LogP contribution < -0.4 is 17.2 Å². The second-order valence-electron chi connectivity index (χ2n) is 2.02. The average molecular weight is 223 g/mol. The highest BCUT2D eigenvalue weighted by Gasteiger charge is 1.94. The van der Waals surface area contributed by atoms with E-state index in [1.54, 1.807) is 0 Å². The van der Waals surface area contributed by atoms with Crippen molar-refractivity contribution in [2.75, 3.05) is 17.2 Å². The van der Waals surface area contributed by atoms with Crippen molar-refractivity contribution < 1.29 is 17.5 Å². The Morgan fingerprint density at radius 3 is 1.93 bits per heavy atom. The van der Waals surface area contributed by atoms with Gasteiger partial charge in [0.05, 0.1) is 11.9 Å². The molecule has 1 rings (SSSR count). The molecular formula is C4H9N5O4S. The van der Waals surface area contributed by atoms with Crippen molar-refractivity contribution in [3.05, 3.63) is 6.20 Å². The molecule has 0 aliphatic heterocycles. The van der Waals surface area contributed by atoms with Crippen LogP contribution in [0.2, 0.25) is 0 Å². The standard InChI is InChI=1S/C4H7N5.H2O4S/c5-2-1-8-4(7)9-3(2)6;1-5(2,3)4/h1H,5H2,(H4,6,7,8,9);(H2,1,2,3,4). The van der Waals surface area contributed by atoms with Crippen molar-refractivity contribution >= 4 is 27.9 Å². The Kier molecular flexibility index (Phi) is 4.01. The minimum absolute atomic E-state index is 0.140. The first kappa shape index (κ1) is 12.3. The highest BCUT2D eigenvalue weighted by atomic mass is 32.3. The van der Waals surface area contributed by atoms with Crippen molar-refractivity contribution in [2.45, 2.75) is 0 Å². The summed E-state index contributed by atoms with van der Waals surface area (Å²) in [4.78, 5) is 7.19. The normalized spacial score (nSPS) is 10.1. The van der Waals surface area contributed by atoms with Crippen LogP contribution in [-0.4, -0.2) is 27.5 Å². The fraction of sp³-hybridized carbons (Fsp3) is 0. The molecule has 0 fully saturated rings. The molecule has 14 heavy (non-hydrogen) atoms. The van der Waals surface area contributed by atoms with E-state index in [2.05, 4.69) is 9.97 Å². The zero-order valence-electron chi connectivity index (χ0n) is 6.82. The Morgan fingerprint density at radius 1 is 1.21 bits per heavy atom. The van der Waals surface area contributed by atoms with Gasteiger partial charge in [-0.1, -0.05) is 0 Å². The Bertz CT molecular complexity index is 396. The van der Waals surface area contributed by atoms with Gasteiger partial charge in [-0.05, 0) is 0 Å². The molecule has 0 amide bonds. The van der Waals surface area contributed by atoms with Crippen molar-refractivity contribution in [2.24, 2.45) is 0 Å². The number of aromatic nitrogens is 2. The molecule has 0 atom stereocenters. The molecule has 0 saturated carbocycles. The van der Waals surface area contributed by atoms with E-state index in [0.717, 1.165) is 0 Å². The molecule has 0 saturated heterocycles. The summed E-state index contributed by atoms with van der Waals surface area (Å²) in [5.41, 5.74) is 16.1. The maximum Gasteiger partial charge on any atom is 0.394 e. The summed E-state index contributed by atoms with van der Waals surface area (Å²) < 4.78 is 31.6. The molecule has 0 aliphatic rings. The molecule has 1 heterocycles. The average Bonchev–Trinajstić information content (AvgIpc) is 1.94. The first-order chi connectivity index (χ1) is 6.20. The fourth-order valence-corrected chi connectivity index (χ4v) is 0.419. The topological polar surface area (TPSA) is 178 Å². The molecule has 0 aliphatic carbocycles. The third-order valence-corrected chi connectivity index (χ3v) is 0.867. The van der Waals surface area contributed by atoms with E-state index >= 15 is 0 Å². The summed E-state index contributed by atoms with van der Waals surface area (Å²) in [5.74, 6) is 0.365. The summed E-state index contributed by atoms with van der Waals surface area (Å²) in [6.45, 7) is 0. The number of nitrogens with zero attached hydrogens (tertiary/aromatic N) is 2. The number of hydrogen-bond donors (Lipinski definition) is 5. The van der Waals surface area contributed by atoms with Gasteiger partial charge < -0.3 is 17.2 Å². The molecular weight excluding hydrogens is 214 g/mol. The van der Waals surface area contributed by atoms with Gasteiger partial charge in [-0.3, -0.25) is 9.11 Å². The molecule has 0 radical (unpaired) electrons.